The van der Waals surface area contributed by atoms with Crippen molar-refractivity contribution in [3.63, 3.8) is 0 Å². The molecule has 5 unspecified atom stereocenters. The van der Waals surface area contributed by atoms with Crippen molar-refractivity contribution in [1.82, 2.24) is 4.90 Å². The topological polar surface area (TPSA) is 29.3 Å². The molecule has 3 rings (SSSR count). The highest BCUT2D eigenvalue weighted by molar-refractivity contribution is 4.98. The maximum Gasteiger partial charge on any atom is 0.0331 e. The number of hydrogen-bond acceptors (Lipinski definition) is 2. The van der Waals surface area contributed by atoms with Crippen LogP contribution in [0, 0.1) is 23.7 Å². The smallest absolute Gasteiger partial charge is 0.0331 e. The van der Waals surface area contributed by atoms with Crippen LogP contribution in [0.3, 0.4) is 0 Å². The van der Waals surface area contributed by atoms with Gasteiger partial charge in [-0.25, -0.2) is 0 Å². The summed E-state index contributed by atoms with van der Waals surface area (Å²) in [5.41, 5.74) is 6.53. The molecule has 0 amide bonds. The van der Waals surface area contributed by atoms with Crippen LogP contribution >= 0.6 is 0 Å². The molecular formula is C17H32N2. The molecule has 3 aliphatic rings. The summed E-state index contributed by atoms with van der Waals surface area (Å²) in [5.74, 6) is 3.95. The Balaban J connectivity index is 1.63. The Morgan fingerprint density at radius 3 is 2.63 bits per heavy atom. The zero-order chi connectivity index (χ0) is 13.5. The summed E-state index contributed by atoms with van der Waals surface area (Å²) in [5, 5.41) is 0. The quantitative estimate of drug-likeness (QED) is 0.844. The van der Waals surface area contributed by atoms with Crippen LogP contribution < -0.4 is 5.73 Å². The Bertz CT molecular complexity index is 316. The normalized spacial score (nSPS) is 46.1. The molecule has 2 nitrogen and oxygen atoms in total. The lowest BCUT2D eigenvalue weighted by Gasteiger charge is -2.47. The molecule has 0 aliphatic heterocycles. The zero-order valence-electron chi connectivity index (χ0n) is 12.9. The standard InChI is InChI=1S/C17H32N2/c1-13-4-3-7-17(10-13,12-18)19(2)11-16-9-14-5-6-15(16)8-14/h13-16H,3-12,18H2,1-2H3. The van der Waals surface area contributed by atoms with Gasteiger partial charge in [-0.1, -0.05) is 26.2 Å². The molecule has 0 heterocycles. The van der Waals surface area contributed by atoms with E-state index in [1.54, 1.807) is 0 Å². The SMILES string of the molecule is CC1CCCC(CN)(N(C)CC2CC3CCC2C3)C1. The Morgan fingerprint density at radius 1 is 1.21 bits per heavy atom. The Labute approximate surface area is 119 Å². The lowest BCUT2D eigenvalue weighted by Crippen LogP contribution is -2.56. The molecule has 3 fully saturated rings. The van der Waals surface area contributed by atoms with Gasteiger partial charge in [0.2, 0.25) is 0 Å². The highest BCUT2D eigenvalue weighted by Crippen LogP contribution is 2.49. The predicted octanol–water partition coefficient (Wildman–Crippen LogP) is 3.26. The number of fused-ring (bicyclic) bond motifs is 2. The van der Waals surface area contributed by atoms with Gasteiger partial charge in [-0.15, -0.1) is 0 Å². The molecule has 5 atom stereocenters. The fourth-order valence-electron chi connectivity index (χ4n) is 5.47. The third-order valence-electron chi connectivity index (χ3n) is 6.65. The minimum Gasteiger partial charge on any atom is -0.329 e. The third-order valence-corrected chi connectivity index (χ3v) is 6.65. The highest BCUT2D eigenvalue weighted by atomic mass is 15.2. The zero-order valence-corrected chi connectivity index (χ0v) is 12.9. The summed E-state index contributed by atoms with van der Waals surface area (Å²) < 4.78 is 0. The summed E-state index contributed by atoms with van der Waals surface area (Å²) in [6.45, 7) is 4.58. The molecule has 0 saturated heterocycles. The van der Waals surface area contributed by atoms with Gasteiger partial charge in [0, 0.05) is 18.6 Å². The van der Waals surface area contributed by atoms with Crippen molar-refractivity contribution >= 4 is 0 Å². The van der Waals surface area contributed by atoms with Crippen molar-refractivity contribution in [1.29, 1.82) is 0 Å². The summed E-state index contributed by atoms with van der Waals surface area (Å²) >= 11 is 0. The van der Waals surface area contributed by atoms with E-state index < -0.39 is 0 Å². The van der Waals surface area contributed by atoms with Gasteiger partial charge in [-0.2, -0.15) is 0 Å². The average molecular weight is 264 g/mol. The van der Waals surface area contributed by atoms with Crippen molar-refractivity contribution in [3.8, 4) is 0 Å². The number of rotatable bonds is 4. The fraction of sp³-hybridized carbons (Fsp3) is 1.00. The molecule has 0 aromatic carbocycles. The van der Waals surface area contributed by atoms with E-state index >= 15 is 0 Å². The first-order chi connectivity index (χ1) is 9.13. The van der Waals surface area contributed by atoms with Gasteiger partial charge < -0.3 is 5.73 Å². The monoisotopic (exact) mass is 264 g/mol. The van der Waals surface area contributed by atoms with Crippen LogP contribution in [-0.4, -0.2) is 30.6 Å². The van der Waals surface area contributed by atoms with Crippen LogP contribution in [0.2, 0.25) is 0 Å². The molecule has 0 radical (unpaired) electrons. The molecular weight excluding hydrogens is 232 g/mol. The number of nitrogens with two attached hydrogens (primary N) is 1. The lowest BCUT2D eigenvalue weighted by molar-refractivity contribution is 0.0410. The van der Waals surface area contributed by atoms with Gasteiger partial charge in [-0.05, 0) is 62.8 Å². The van der Waals surface area contributed by atoms with Crippen molar-refractivity contribution in [2.45, 2.75) is 63.8 Å². The van der Waals surface area contributed by atoms with Gasteiger partial charge in [0.1, 0.15) is 0 Å². The molecule has 2 bridgehead atoms. The van der Waals surface area contributed by atoms with Crippen molar-refractivity contribution in [2.24, 2.45) is 29.4 Å². The largest absolute Gasteiger partial charge is 0.329 e. The van der Waals surface area contributed by atoms with E-state index in [1.807, 2.05) is 0 Å². The Hall–Kier alpha value is -0.0800. The van der Waals surface area contributed by atoms with Crippen LogP contribution in [0.15, 0.2) is 0 Å². The van der Waals surface area contributed by atoms with E-state index in [1.165, 1.54) is 57.9 Å². The first-order valence-corrected chi connectivity index (χ1v) is 8.54. The molecule has 3 aliphatic carbocycles. The number of hydrogen-bond donors (Lipinski definition) is 1. The molecule has 3 saturated carbocycles. The van der Waals surface area contributed by atoms with Crippen LogP contribution in [0.1, 0.15) is 58.3 Å². The van der Waals surface area contributed by atoms with Crippen LogP contribution in [0.4, 0.5) is 0 Å². The van der Waals surface area contributed by atoms with Gasteiger partial charge in [0.25, 0.3) is 0 Å². The van der Waals surface area contributed by atoms with Crippen molar-refractivity contribution in [2.75, 3.05) is 20.1 Å². The first kappa shape index (κ1) is 13.9. The van der Waals surface area contributed by atoms with E-state index in [4.69, 9.17) is 5.73 Å². The maximum atomic E-state index is 6.21. The second-order valence-electron chi connectivity index (χ2n) is 7.95. The minimum absolute atomic E-state index is 0.319. The summed E-state index contributed by atoms with van der Waals surface area (Å²) in [6, 6.07) is 0. The molecule has 2 N–H and O–H groups in total. The third kappa shape index (κ3) is 2.58. The molecule has 19 heavy (non-hydrogen) atoms. The predicted molar refractivity (Wildman–Crippen MR) is 81.0 cm³/mol. The molecule has 110 valence electrons. The van der Waals surface area contributed by atoms with Crippen LogP contribution in [0.5, 0.6) is 0 Å². The lowest BCUT2D eigenvalue weighted by atomic mass is 9.74. The second-order valence-corrected chi connectivity index (χ2v) is 7.95. The minimum atomic E-state index is 0.319. The Kier molecular flexibility index (Phi) is 3.92. The van der Waals surface area contributed by atoms with Crippen LogP contribution in [-0.2, 0) is 0 Å². The molecule has 0 aromatic rings. The van der Waals surface area contributed by atoms with E-state index in [0.717, 1.165) is 30.2 Å². The van der Waals surface area contributed by atoms with Gasteiger partial charge in [-0.3, -0.25) is 4.90 Å². The highest BCUT2D eigenvalue weighted by Gasteiger charge is 2.43. The van der Waals surface area contributed by atoms with Crippen molar-refractivity contribution in [3.05, 3.63) is 0 Å². The van der Waals surface area contributed by atoms with Gasteiger partial charge in [0.05, 0.1) is 0 Å². The summed E-state index contributed by atoms with van der Waals surface area (Å²) in [7, 11) is 2.36. The van der Waals surface area contributed by atoms with E-state index in [0.29, 0.717) is 5.54 Å². The van der Waals surface area contributed by atoms with E-state index in [9.17, 15) is 0 Å². The van der Waals surface area contributed by atoms with E-state index in [2.05, 4.69) is 18.9 Å². The maximum absolute atomic E-state index is 6.21. The number of likely N-dealkylation sites (N-methyl/N-ethyl adjacent to an activating group) is 1. The summed E-state index contributed by atoms with van der Waals surface area (Å²) in [6.07, 6.45) is 11.5. The number of nitrogens with zero attached hydrogens (tertiary/aromatic N) is 1. The van der Waals surface area contributed by atoms with Gasteiger partial charge in [0.15, 0.2) is 0 Å². The molecule has 2 heteroatoms. The Morgan fingerprint density at radius 2 is 2.05 bits per heavy atom. The molecule has 0 spiro atoms. The second kappa shape index (κ2) is 5.37. The average Bonchev–Trinajstić information content (AvgIpc) is 3.00. The van der Waals surface area contributed by atoms with E-state index in [-0.39, 0.29) is 0 Å². The fourth-order valence-corrected chi connectivity index (χ4v) is 5.47. The molecule has 0 aromatic heterocycles. The van der Waals surface area contributed by atoms with Gasteiger partial charge >= 0.3 is 0 Å². The van der Waals surface area contributed by atoms with Crippen LogP contribution in [0.25, 0.3) is 0 Å². The first-order valence-electron chi connectivity index (χ1n) is 8.54. The van der Waals surface area contributed by atoms with Crippen molar-refractivity contribution < 1.29 is 0 Å². The summed E-state index contributed by atoms with van der Waals surface area (Å²) in [4.78, 5) is 2.67.